The van der Waals surface area contributed by atoms with Crippen LogP contribution in [-0.2, 0) is 16.0 Å². The lowest BCUT2D eigenvalue weighted by Gasteiger charge is -2.34. The summed E-state index contributed by atoms with van der Waals surface area (Å²) in [6.45, 7) is 3.56. The number of carbonyl (C=O) groups is 3. The van der Waals surface area contributed by atoms with Gasteiger partial charge in [-0.3, -0.25) is 9.59 Å². The standard InChI is InChI=1S/C15H18N2O4/c1-11(18)16-6-8-17(9-7-16)14(19)10-12-4-2-3-5-13(12)15(20)21/h2-5H,6-10H2,1H3,(H,20,21). The summed E-state index contributed by atoms with van der Waals surface area (Å²) < 4.78 is 0. The maximum absolute atomic E-state index is 12.2. The van der Waals surface area contributed by atoms with E-state index in [1.54, 1.807) is 28.0 Å². The quantitative estimate of drug-likeness (QED) is 0.885. The van der Waals surface area contributed by atoms with Crippen molar-refractivity contribution in [2.75, 3.05) is 26.2 Å². The Bertz CT molecular complexity index is 563. The van der Waals surface area contributed by atoms with Crippen molar-refractivity contribution in [1.29, 1.82) is 0 Å². The third kappa shape index (κ3) is 3.59. The van der Waals surface area contributed by atoms with Crippen molar-refractivity contribution in [1.82, 2.24) is 9.80 Å². The van der Waals surface area contributed by atoms with Crippen molar-refractivity contribution in [2.24, 2.45) is 0 Å². The Morgan fingerprint density at radius 2 is 1.62 bits per heavy atom. The van der Waals surface area contributed by atoms with Crippen LogP contribution in [0.15, 0.2) is 24.3 Å². The normalized spacial score (nSPS) is 14.9. The first-order valence-corrected chi connectivity index (χ1v) is 6.83. The van der Waals surface area contributed by atoms with E-state index in [2.05, 4.69) is 0 Å². The molecule has 1 aliphatic rings. The SMILES string of the molecule is CC(=O)N1CCN(C(=O)Cc2ccccc2C(=O)O)CC1. The van der Waals surface area contributed by atoms with Gasteiger partial charge in [-0.25, -0.2) is 4.79 Å². The molecule has 6 heteroatoms. The molecule has 0 unspecified atom stereocenters. The molecule has 112 valence electrons. The number of hydrogen-bond donors (Lipinski definition) is 1. The summed E-state index contributed by atoms with van der Waals surface area (Å²) in [6.07, 6.45) is 0.0720. The zero-order valence-corrected chi connectivity index (χ0v) is 11.9. The van der Waals surface area contributed by atoms with Crippen LogP contribution in [0.5, 0.6) is 0 Å². The average Bonchev–Trinajstić information content (AvgIpc) is 2.47. The van der Waals surface area contributed by atoms with Crippen molar-refractivity contribution in [3.8, 4) is 0 Å². The lowest BCUT2D eigenvalue weighted by atomic mass is 10.0. The van der Waals surface area contributed by atoms with Crippen LogP contribution in [0, 0.1) is 0 Å². The van der Waals surface area contributed by atoms with Crippen LogP contribution in [0.1, 0.15) is 22.8 Å². The average molecular weight is 290 g/mol. The van der Waals surface area contributed by atoms with Gasteiger partial charge in [-0.05, 0) is 11.6 Å². The van der Waals surface area contributed by atoms with Crippen LogP contribution >= 0.6 is 0 Å². The summed E-state index contributed by atoms with van der Waals surface area (Å²) in [5.74, 6) is -1.12. The monoisotopic (exact) mass is 290 g/mol. The lowest BCUT2D eigenvalue weighted by Crippen LogP contribution is -2.50. The summed E-state index contributed by atoms with van der Waals surface area (Å²) in [5, 5.41) is 9.12. The number of aromatic carboxylic acids is 1. The Morgan fingerprint density at radius 1 is 1.05 bits per heavy atom. The maximum atomic E-state index is 12.2. The molecule has 0 radical (unpaired) electrons. The first kappa shape index (κ1) is 15.0. The molecule has 1 N–H and O–H groups in total. The molecule has 2 rings (SSSR count). The van der Waals surface area contributed by atoms with Crippen molar-refractivity contribution in [2.45, 2.75) is 13.3 Å². The van der Waals surface area contributed by atoms with Crippen LogP contribution in [0.3, 0.4) is 0 Å². The smallest absolute Gasteiger partial charge is 0.335 e. The number of carbonyl (C=O) groups excluding carboxylic acids is 2. The molecular formula is C15H18N2O4. The van der Waals surface area contributed by atoms with Gasteiger partial charge < -0.3 is 14.9 Å². The first-order chi connectivity index (χ1) is 9.99. The molecule has 1 fully saturated rings. The molecule has 0 aromatic heterocycles. The lowest BCUT2D eigenvalue weighted by molar-refractivity contribution is -0.138. The van der Waals surface area contributed by atoms with E-state index in [1.807, 2.05) is 0 Å². The number of hydrogen-bond acceptors (Lipinski definition) is 3. The molecule has 21 heavy (non-hydrogen) atoms. The molecule has 0 aliphatic carbocycles. The summed E-state index contributed by atoms with van der Waals surface area (Å²) in [5.41, 5.74) is 0.678. The number of carboxylic acids is 1. The number of piperazine rings is 1. The van der Waals surface area contributed by atoms with Gasteiger partial charge in [0.05, 0.1) is 12.0 Å². The molecule has 1 aromatic rings. The molecule has 0 atom stereocenters. The van der Waals surface area contributed by atoms with E-state index in [4.69, 9.17) is 5.11 Å². The second-order valence-corrected chi connectivity index (χ2v) is 5.03. The van der Waals surface area contributed by atoms with Gasteiger partial charge in [0, 0.05) is 33.1 Å². The number of nitrogens with zero attached hydrogens (tertiary/aromatic N) is 2. The molecule has 1 aromatic carbocycles. The Hall–Kier alpha value is -2.37. The van der Waals surface area contributed by atoms with E-state index in [0.717, 1.165) is 0 Å². The number of carboxylic acid groups (broad SMARTS) is 1. The van der Waals surface area contributed by atoms with E-state index in [9.17, 15) is 14.4 Å². The highest BCUT2D eigenvalue weighted by molar-refractivity contribution is 5.91. The van der Waals surface area contributed by atoms with E-state index in [-0.39, 0.29) is 23.8 Å². The molecule has 6 nitrogen and oxygen atoms in total. The van der Waals surface area contributed by atoms with E-state index >= 15 is 0 Å². The molecule has 2 amide bonds. The molecule has 1 saturated heterocycles. The van der Waals surface area contributed by atoms with Gasteiger partial charge in [-0.1, -0.05) is 18.2 Å². The van der Waals surface area contributed by atoms with Crippen molar-refractivity contribution >= 4 is 17.8 Å². The summed E-state index contributed by atoms with van der Waals surface area (Å²) in [4.78, 5) is 38.0. The fourth-order valence-electron chi connectivity index (χ4n) is 2.43. The first-order valence-electron chi connectivity index (χ1n) is 6.83. The largest absolute Gasteiger partial charge is 0.478 e. The zero-order valence-electron chi connectivity index (χ0n) is 11.9. The fourth-order valence-corrected chi connectivity index (χ4v) is 2.43. The number of amides is 2. The van der Waals surface area contributed by atoms with E-state index in [1.165, 1.54) is 13.0 Å². The minimum atomic E-state index is -1.03. The summed E-state index contributed by atoms with van der Waals surface area (Å²) in [6, 6.07) is 6.53. The van der Waals surface area contributed by atoms with Crippen LogP contribution in [0.25, 0.3) is 0 Å². The Labute approximate surface area is 123 Å². The van der Waals surface area contributed by atoms with Gasteiger partial charge in [0.15, 0.2) is 0 Å². The Balaban J connectivity index is 2.00. The molecule has 1 aliphatic heterocycles. The van der Waals surface area contributed by atoms with Gasteiger partial charge in [-0.2, -0.15) is 0 Å². The maximum Gasteiger partial charge on any atom is 0.335 e. The van der Waals surface area contributed by atoms with Gasteiger partial charge in [0.25, 0.3) is 0 Å². The van der Waals surface area contributed by atoms with Gasteiger partial charge in [0.1, 0.15) is 0 Å². The highest BCUT2D eigenvalue weighted by atomic mass is 16.4. The number of benzene rings is 1. The van der Waals surface area contributed by atoms with Gasteiger partial charge >= 0.3 is 5.97 Å². The topological polar surface area (TPSA) is 77.9 Å². The fraction of sp³-hybridized carbons (Fsp3) is 0.400. The third-order valence-corrected chi connectivity index (χ3v) is 3.67. The minimum Gasteiger partial charge on any atom is -0.478 e. The highest BCUT2D eigenvalue weighted by Crippen LogP contribution is 2.12. The predicted octanol–water partition coefficient (Wildman–Crippen LogP) is 0.618. The zero-order chi connectivity index (χ0) is 15.4. The molecule has 0 spiro atoms. The molecule has 1 heterocycles. The van der Waals surface area contributed by atoms with E-state index < -0.39 is 5.97 Å². The Morgan fingerprint density at radius 3 is 2.19 bits per heavy atom. The predicted molar refractivity (Wildman–Crippen MR) is 75.9 cm³/mol. The molecule has 0 bridgehead atoms. The summed E-state index contributed by atoms with van der Waals surface area (Å²) >= 11 is 0. The summed E-state index contributed by atoms with van der Waals surface area (Å²) in [7, 11) is 0. The van der Waals surface area contributed by atoms with Crippen LogP contribution in [0.2, 0.25) is 0 Å². The minimum absolute atomic E-state index is 0.0123. The Kier molecular flexibility index (Phi) is 4.57. The second kappa shape index (κ2) is 6.39. The number of rotatable bonds is 3. The van der Waals surface area contributed by atoms with E-state index in [0.29, 0.717) is 31.7 Å². The highest BCUT2D eigenvalue weighted by Gasteiger charge is 2.23. The van der Waals surface area contributed by atoms with Crippen molar-refractivity contribution in [3.63, 3.8) is 0 Å². The molecule has 0 saturated carbocycles. The van der Waals surface area contributed by atoms with Crippen LogP contribution in [-0.4, -0.2) is 58.9 Å². The van der Waals surface area contributed by atoms with Crippen LogP contribution in [0.4, 0.5) is 0 Å². The van der Waals surface area contributed by atoms with Crippen LogP contribution < -0.4 is 0 Å². The van der Waals surface area contributed by atoms with Crippen molar-refractivity contribution in [3.05, 3.63) is 35.4 Å². The third-order valence-electron chi connectivity index (χ3n) is 3.67. The molecular weight excluding hydrogens is 272 g/mol. The van der Waals surface area contributed by atoms with Crippen molar-refractivity contribution < 1.29 is 19.5 Å². The van der Waals surface area contributed by atoms with Gasteiger partial charge in [0.2, 0.25) is 11.8 Å². The van der Waals surface area contributed by atoms with Gasteiger partial charge in [-0.15, -0.1) is 0 Å². The second-order valence-electron chi connectivity index (χ2n) is 5.03.